The zero-order chi connectivity index (χ0) is 11.1. The normalized spacial score (nSPS) is 12.4. The second kappa shape index (κ2) is 6.02. The number of hydrogen-bond donors (Lipinski definition) is 1. The third-order valence-electron chi connectivity index (χ3n) is 2.08. The quantitative estimate of drug-likeness (QED) is 0.589. The molecular weight excluding hydrogens is 184 g/mol. The van der Waals surface area contributed by atoms with Gasteiger partial charge in [0.25, 0.3) is 0 Å². The molecule has 1 aromatic rings. The maximum atomic E-state index is 4.22. The molecule has 1 N–H and O–H groups in total. The van der Waals surface area contributed by atoms with Crippen molar-refractivity contribution < 1.29 is 0 Å². The molecule has 0 aliphatic carbocycles. The molecule has 0 unspecified atom stereocenters. The van der Waals surface area contributed by atoms with Crippen molar-refractivity contribution in [1.29, 1.82) is 0 Å². The zero-order valence-corrected chi connectivity index (χ0v) is 9.57. The van der Waals surface area contributed by atoms with Crippen molar-refractivity contribution >= 4 is 11.8 Å². The molecule has 1 aromatic carbocycles. The van der Waals surface area contributed by atoms with Crippen LogP contribution in [0.4, 0.5) is 0 Å². The first-order valence-corrected chi connectivity index (χ1v) is 5.21. The van der Waals surface area contributed by atoms with Gasteiger partial charge in [-0.2, -0.15) is 5.10 Å². The van der Waals surface area contributed by atoms with E-state index in [1.54, 1.807) is 0 Å². The second-order valence-corrected chi connectivity index (χ2v) is 3.66. The summed E-state index contributed by atoms with van der Waals surface area (Å²) in [7, 11) is 1.82. The van der Waals surface area contributed by atoms with Crippen LogP contribution < -0.4 is 5.43 Å². The molecule has 0 bridgehead atoms. The highest BCUT2D eigenvalue weighted by atomic mass is 15.3. The van der Waals surface area contributed by atoms with Crippen LogP contribution in [0.25, 0.3) is 6.08 Å². The van der Waals surface area contributed by atoms with Crippen molar-refractivity contribution in [3.8, 4) is 0 Å². The first-order chi connectivity index (χ1) is 7.24. The lowest BCUT2D eigenvalue weighted by atomic mass is 10.1. The summed E-state index contributed by atoms with van der Waals surface area (Å²) < 4.78 is 0. The van der Waals surface area contributed by atoms with E-state index in [9.17, 15) is 0 Å². The molecule has 0 heterocycles. The minimum Gasteiger partial charge on any atom is -0.313 e. The van der Waals surface area contributed by atoms with Crippen LogP contribution in [-0.4, -0.2) is 12.8 Å². The number of hydrazone groups is 1. The van der Waals surface area contributed by atoms with Gasteiger partial charge >= 0.3 is 0 Å². The van der Waals surface area contributed by atoms with Gasteiger partial charge in [0.05, 0.1) is 5.71 Å². The van der Waals surface area contributed by atoms with E-state index in [0.717, 1.165) is 5.71 Å². The maximum absolute atomic E-state index is 4.22. The Bertz CT molecular complexity index is 337. The van der Waals surface area contributed by atoms with Crippen molar-refractivity contribution in [2.24, 2.45) is 11.0 Å². The number of nitrogens with one attached hydrogen (secondary N) is 1. The standard InChI is InChI=1S/C13H18N2/c1-11(2)13(15-14-3)10-9-12-7-5-4-6-8-12/h4-11,14H,1-3H3/b10-9+,15-13+. The fourth-order valence-electron chi connectivity index (χ4n) is 1.23. The molecule has 80 valence electrons. The lowest BCUT2D eigenvalue weighted by Crippen LogP contribution is -2.09. The van der Waals surface area contributed by atoms with E-state index in [4.69, 9.17) is 0 Å². The zero-order valence-electron chi connectivity index (χ0n) is 9.57. The molecule has 0 amide bonds. The Morgan fingerprint density at radius 3 is 2.47 bits per heavy atom. The average molecular weight is 202 g/mol. The summed E-state index contributed by atoms with van der Waals surface area (Å²) in [6.07, 6.45) is 4.13. The molecule has 0 aliphatic rings. The van der Waals surface area contributed by atoms with Gasteiger partial charge in [0, 0.05) is 7.05 Å². The second-order valence-electron chi connectivity index (χ2n) is 3.66. The van der Waals surface area contributed by atoms with Crippen molar-refractivity contribution in [3.63, 3.8) is 0 Å². The highest BCUT2D eigenvalue weighted by molar-refractivity contribution is 5.99. The fourth-order valence-corrected chi connectivity index (χ4v) is 1.23. The van der Waals surface area contributed by atoms with Crippen LogP contribution in [0.15, 0.2) is 41.5 Å². The molecule has 0 spiro atoms. The van der Waals surface area contributed by atoms with E-state index < -0.39 is 0 Å². The first kappa shape index (κ1) is 11.5. The molecule has 0 radical (unpaired) electrons. The summed E-state index contributed by atoms with van der Waals surface area (Å²) in [6.45, 7) is 4.26. The molecular formula is C13H18N2. The Hall–Kier alpha value is -1.57. The van der Waals surface area contributed by atoms with Gasteiger partial charge in [0.15, 0.2) is 0 Å². The molecule has 0 fully saturated rings. The monoisotopic (exact) mass is 202 g/mol. The molecule has 0 aliphatic heterocycles. The molecule has 2 nitrogen and oxygen atoms in total. The molecule has 0 saturated heterocycles. The third-order valence-corrected chi connectivity index (χ3v) is 2.08. The van der Waals surface area contributed by atoms with Crippen LogP contribution in [0.1, 0.15) is 19.4 Å². The van der Waals surface area contributed by atoms with Crippen LogP contribution in [-0.2, 0) is 0 Å². The molecule has 2 heteroatoms. The van der Waals surface area contributed by atoms with Crippen LogP contribution >= 0.6 is 0 Å². The number of hydrogen-bond acceptors (Lipinski definition) is 2. The third kappa shape index (κ3) is 3.98. The largest absolute Gasteiger partial charge is 0.313 e. The number of nitrogens with zero attached hydrogens (tertiary/aromatic N) is 1. The van der Waals surface area contributed by atoms with Gasteiger partial charge < -0.3 is 5.43 Å². The Morgan fingerprint density at radius 1 is 1.27 bits per heavy atom. The Balaban J connectivity index is 2.75. The van der Waals surface area contributed by atoms with E-state index in [1.807, 2.05) is 25.2 Å². The predicted molar refractivity (Wildman–Crippen MR) is 66.8 cm³/mol. The summed E-state index contributed by atoms with van der Waals surface area (Å²) >= 11 is 0. The minimum absolute atomic E-state index is 0.428. The number of rotatable bonds is 4. The van der Waals surface area contributed by atoms with Gasteiger partial charge in [-0.25, -0.2) is 0 Å². The summed E-state index contributed by atoms with van der Waals surface area (Å²) in [5.74, 6) is 0.428. The lowest BCUT2D eigenvalue weighted by Gasteiger charge is -2.04. The van der Waals surface area contributed by atoms with Gasteiger partial charge in [0.2, 0.25) is 0 Å². The van der Waals surface area contributed by atoms with Crippen LogP contribution in [0.3, 0.4) is 0 Å². The van der Waals surface area contributed by atoms with Gasteiger partial charge in [-0.3, -0.25) is 0 Å². The van der Waals surface area contributed by atoms with E-state index in [0.29, 0.717) is 5.92 Å². The molecule has 1 rings (SSSR count). The van der Waals surface area contributed by atoms with Crippen molar-refractivity contribution in [1.82, 2.24) is 5.43 Å². The van der Waals surface area contributed by atoms with Gasteiger partial charge in [-0.15, -0.1) is 0 Å². The summed E-state index contributed by atoms with van der Waals surface area (Å²) in [5.41, 5.74) is 5.08. The summed E-state index contributed by atoms with van der Waals surface area (Å²) in [6, 6.07) is 10.2. The summed E-state index contributed by atoms with van der Waals surface area (Å²) in [5, 5.41) is 4.22. The molecule has 0 aromatic heterocycles. The van der Waals surface area contributed by atoms with E-state index in [1.165, 1.54) is 5.56 Å². The minimum atomic E-state index is 0.428. The fraction of sp³-hybridized carbons (Fsp3) is 0.308. The number of allylic oxidation sites excluding steroid dienone is 1. The Kier molecular flexibility index (Phi) is 4.61. The topological polar surface area (TPSA) is 24.4 Å². The Labute approximate surface area is 91.7 Å². The van der Waals surface area contributed by atoms with E-state index >= 15 is 0 Å². The molecule has 15 heavy (non-hydrogen) atoms. The van der Waals surface area contributed by atoms with Gasteiger partial charge in [-0.1, -0.05) is 50.3 Å². The smallest absolute Gasteiger partial charge is 0.0628 e. The molecule has 0 atom stereocenters. The summed E-state index contributed by atoms with van der Waals surface area (Å²) in [4.78, 5) is 0. The average Bonchev–Trinajstić information content (AvgIpc) is 2.25. The number of benzene rings is 1. The highest BCUT2D eigenvalue weighted by Gasteiger charge is 1.99. The van der Waals surface area contributed by atoms with Gasteiger partial charge in [0.1, 0.15) is 0 Å². The van der Waals surface area contributed by atoms with Crippen molar-refractivity contribution in [2.45, 2.75) is 13.8 Å². The highest BCUT2D eigenvalue weighted by Crippen LogP contribution is 2.04. The Morgan fingerprint density at radius 2 is 1.93 bits per heavy atom. The maximum Gasteiger partial charge on any atom is 0.0628 e. The van der Waals surface area contributed by atoms with Crippen LogP contribution in [0.2, 0.25) is 0 Å². The SMILES string of the molecule is CN/N=C(\C=C\c1ccccc1)C(C)C. The van der Waals surface area contributed by atoms with Crippen molar-refractivity contribution in [3.05, 3.63) is 42.0 Å². The lowest BCUT2D eigenvalue weighted by molar-refractivity contribution is 0.832. The van der Waals surface area contributed by atoms with Crippen LogP contribution in [0, 0.1) is 5.92 Å². The van der Waals surface area contributed by atoms with E-state index in [2.05, 4.69) is 48.7 Å². The predicted octanol–water partition coefficient (Wildman–Crippen LogP) is 2.93. The molecule has 0 saturated carbocycles. The first-order valence-electron chi connectivity index (χ1n) is 5.21. The van der Waals surface area contributed by atoms with E-state index in [-0.39, 0.29) is 0 Å². The van der Waals surface area contributed by atoms with Crippen molar-refractivity contribution in [2.75, 3.05) is 7.05 Å². The van der Waals surface area contributed by atoms with Gasteiger partial charge in [-0.05, 0) is 17.6 Å². The van der Waals surface area contributed by atoms with Crippen LogP contribution in [0.5, 0.6) is 0 Å².